The molecule has 2 aromatic rings. The number of thiazole rings is 1. The first kappa shape index (κ1) is 11.5. The van der Waals surface area contributed by atoms with Gasteiger partial charge in [0.15, 0.2) is 0 Å². The van der Waals surface area contributed by atoms with Gasteiger partial charge in [0, 0.05) is 5.69 Å². The third-order valence-corrected chi connectivity index (χ3v) is 3.99. The number of esters is 1. The van der Waals surface area contributed by atoms with E-state index in [4.69, 9.17) is 4.74 Å². The molecule has 94 valence electrons. The van der Waals surface area contributed by atoms with Gasteiger partial charge in [0.25, 0.3) is 0 Å². The van der Waals surface area contributed by atoms with Crippen LogP contribution in [0.3, 0.4) is 0 Å². The summed E-state index contributed by atoms with van der Waals surface area (Å²) in [5, 5.41) is 3.28. The van der Waals surface area contributed by atoms with Crippen LogP contribution in [-0.2, 0) is 9.53 Å². The number of anilines is 1. The number of hydrogen-bond acceptors (Lipinski definition) is 5. The Kier molecular flexibility index (Phi) is 2.91. The summed E-state index contributed by atoms with van der Waals surface area (Å²) in [6.07, 6.45) is 2.19. The summed E-state index contributed by atoms with van der Waals surface area (Å²) in [5.74, 6) is 0.233. The van der Waals surface area contributed by atoms with E-state index in [0.29, 0.717) is 5.92 Å². The van der Waals surface area contributed by atoms with Gasteiger partial charge in [-0.05, 0) is 37.0 Å². The number of carbonyl (C=O) groups excluding carboxylic acids is 1. The van der Waals surface area contributed by atoms with Crippen molar-refractivity contribution in [1.82, 2.24) is 4.98 Å². The Morgan fingerprint density at radius 3 is 3.11 bits per heavy atom. The van der Waals surface area contributed by atoms with Crippen molar-refractivity contribution in [3.8, 4) is 0 Å². The fourth-order valence-electron chi connectivity index (χ4n) is 2.05. The quantitative estimate of drug-likeness (QED) is 0.861. The van der Waals surface area contributed by atoms with Crippen LogP contribution in [0.4, 0.5) is 5.69 Å². The highest BCUT2D eigenvalue weighted by Crippen LogP contribution is 2.35. The molecule has 18 heavy (non-hydrogen) atoms. The lowest BCUT2D eigenvalue weighted by Gasteiger charge is -2.16. The number of methoxy groups -OCH3 is 1. The Bertz CT molecular complexity index is 577. The number of aromatic nitrogens is 1. The molecule has 1 saturated carbocycles. The van der Waals surface area contributed by atoms with Gasteiger partial charge in [-0.25, -0.2) is 9.78 Å². The predicted octanol–water partition coefficient (Wildman–Crippen LogP) is 2.66. The van der Waals surface area contributed by atoms with Gasteiger partial charge in [0.1, 0.15) is 6.04 Å². The molecule has 0 bridgehead atoms. The normalized spacial score (nSPS) is 16.5. The van der Waals surface area contributed by atoms with Crippen LogP contribution in [0, 0.1) is 5.92 Å². The number of fused-ring (bicyclic) bond motifs is 1. The van der Waals surface area contributed by atoms with E-state index in [1.54, 1.807) is 11.3 Å². The molecule has 1 aliphatic rings. The summed E-state index contributed by atoms with van der Waals surface area (Å²) in [7, 11) is 1.44. The molecule has 5 heteroatoms. The van der Waals surface area contributed by atoms with Crippen LogP contribution in [-0.4, -0.2) is 24.1 Å². The van der Waals surface area contributed by atoms with E-state index >= 15 is 0 Å². The van der Waals surface area contributed by atoms with Gasteiger partial charge in [0.05, 0.1) is 22.8 Å². The minimum absolute atomic E-state index is 0.179. The molecule has 1 aromatic heterocycles. The van der Waals surface area contributed by atoms with Crippen LogP contribution in [0.15, 0.2) is 23.7 Å². The van der Waals surface area contributed by atoms with Crippen molar-refractivity contribution in [2.45, 2.75) is 18.9 Å². The van der Waals surface area contributed by atoms with Crippen LogP contribution in [0.25, 0.3) is 10.2 Å². The number of nitrogens with one attached hydrogen (secondary N) is 1. The Hall–Kier alpha value is -1.62. The summed E-state index contributed by atoms with van der Waals surface area (Å²) < 4.78 is 5.97. The van der Waals surface area contributed by atoms with Gasteiger partial charge in [-0.1, -0.05) is 0 Å². The highest BCUT2D eigenvalue weighted by Gasteiger charge is 2.36. The maximum Gasteiger partial charge on any atom is 0.328 e. The predicted molar refractivity (Wildman–Crippen MR) is 71.8 cm³/mol. The molecule has 1 aliphatic carbocycles. The fraction of sp³-hybridized carbons (Fsp3) is 0.385. The second kappa shape index (κ2) is 4.57. The van der Waals surface area contributed by atoms with Crippen molar-refractivity contribution in [2.24, 2.45) is 5.92 Å². The van der Waals surface area contributed by atoms with Crippen molar-refractivity contribution in [3.63, 3.8) is 0 Å². The first-order chi connectivity index (χ1) is 8.78. The average Bonchev–Trinajstić information content (AvgIpc) is 3.12. The molecule has 1 unspecified atom stereocenters. The van der Waals surface area contributed by atoms with E-state index in [9.17, 15) is 4.79 Å². The Morgan fingerprint density at radius 1 is 1.56 bits per heavy atom. The molecule has 1 aromatic carbocycles. The van der Waals surface area contributed by atoms with Crippen LogP contribution >= 0.6 is 11.3 Å². The van der Waals surface area contributed by atoms with E-state index < -0.39 is 0 Å². The summed E-state index contributed by atoms with van der Waals surface area (Å²) in [5.41, 5.74) is 3.77. The molecule has 1 atom stereocenters. The van der Waals surface area contributed by atoms with Gasteiger partial charge in [-0.2, -0.15) is 0 Å². The molecule has 0 spiro atoms. The zero-order chi connectivity index (χ0) is 12.5. The summed E-state index contributed by atoms with van der Waals surface area (Å²) in [4.78, 5) is 16.0. The van der Waals surface area contributed by atoms with Gasteiger partial charge >= 0.3 is 5.97 Å². The monoisotopic (exact) mass is 262 g/mol. The highest BCUT2D eigenvalue weighted by molar-refractivity contribution is 7.16. The SMILES string of the molecule is COC(=O)C(Nc1ccc2ncsc2c1)C1CC1. The van der Waals surface area contributed by atoms with Crippen LogP contribution in [0.5, 0.6) is 0 Å². The zero-order valence-electron chi connectivity index (χ0n) is 10.1. The minimum atomic E-state index is -0.222. The van der Waals surface area contributed by atoms with Gasteiger partial charge in [0.2, 0.25) is 0 Å². The maximum absolute atomic E-state index is 11.7. The molecule has 0 saturated heterocycles. The maximum atomic E-state index is 11.7. The standard InChI is InChI=1S/C13H14N2O2S/c1-17-13(16)12(8-2-3-8)15-9-4-5-10-11(6-9)18-7-14-10/h4-8,12,15H,2-3H2,1H3. The molecule has 4 nitrogen and oxygen atoms in total. The molecule has 1 N–H and O–H groups in total. The molecule has 3 rings (SSSR count). The topological polar surface area (TPSA) is 51.2 Å². The van der Waals surface area contributed by atoms with Gasteiger partial charge in [-0.3, -0.25) is 0 Å². The van der Waals surface area contributed by atoms with E-state index in [-0.39, 0.29) is 12.0 Å². The second-order valence-electron chi connectivity index (χ2n) is 4.52. The van der Waals surface area contributed by atoms with Crippen LogP contribution < -0.4 is 5.32 Å². The van der Waals surface area contributed by atoms with Crippen molar-refractivity contribution >= 4 is 33.2 Å². The average molecular weight is 262 g/mol. The molecule has 1 heterocycles. The van der Waals surface area contributed by atoms with E-state index in [1.807, 2.05) is 23.7 Å². The first-order valence-corrected chi connectivity index (χ1v) is 6.83. The summed E-state index contributed by atoms with van der Waals surface area (Å²) >= 11 is 1.60. The van der Waals surface area contributed by atoms with Crippen molar-refractivity contribution in [3.05, 3.63) is 23.7 Å². The molecule has 0 amide bonds. The lowest BCUT2D eigenvalue weighted by Crippen LogP contribution is -2.32. The van der Waals surface area contributed by atoms with Crippen LogP contribution in [0.2, 0.25) is 0 Å². The first-order valence-electron chi connectivity index (χ1n) is 5.95. The number of carbonyl (C=O) groups is 1. The summed E-state index contributed by atoms with van der Waals surface area (Å²) in [6.45, 7) is 0. The minimum Gasteiger partial charge on any atom is -0.467 e. The number of rotatable bonds is 4. The van der Waals surface area contributed by atoms with Gasteiger partial charge in [-0.15, -0.1) is 11.3 Å². The number of benzene rings is 1. The van der Waals surface area contributed by atoms with Crippen molar-refractivity contribution < 1.29 is 9.53 Å². The fourth-order valence-corrected chi connectivity index (χ4v) is 2.77. The molecular weight excluding hydrogens is 248 g/mol. The second-order valence-corrected chi connectivity index (χ2v) is 5.40. The number of ether oxygens (including phenoxy) is 1. The lowest BCUT2D eigenvalue weighted by atomic mass is 10.1. The Morgan fingerprint density at radius 2 is 2.39 bits per heavy atom. The third-order valence-electron chi connectivity index (χ3n) is 3.20. The Balaban J connectivity index is 1.82. The zero-order valence-corrected chi connectivity index (χ0v) is 10.9. The van der Waals surface area contributed by atoms with Crippen molar-refractivity contribution in [2.75, 3.05) is 12.4 Å². The number of nitrogens with zero attached hydrogens (tertiary/aromatic N) is 1. The Labute approximate surface area is 109 Å². The molecule has 0 radical (unpaired) electrons. The van der Waals surface area contributed by atoms with Crippen molar-refractivity contribution in [1.29, 1.82) is 0 Å². The largest absolute Gasteiger partial charge is 0.467 e. The van der Waals surface area contributed by atoms with E-state index in [0.717, 1.165) is 28.7 Å². The van der Waals surface area contributed by atoms with Crippen LogP contribution in [0.1, 0.15) is 12.8 Å². The van der Waals surface area contributed by atoms with E-state index in [2.05, 4.69) is 10.3 Å². The molecule has 0 aliphatic heterocycles. The highest BCUT2D eigenvalue weighted by atomic mass is 32.1. The molecule has 1 fully saturated rings. The third kappa shape index (κ3) is 2.18. The molecular formula is C13H14N2O2S. The smallest absolute Gasteiger partial charge is 0.328 e. The lowest BCUT2D eigenvalue weighted by molar-refractivity contribution is -0.142. The summed E-state index contributed by atoms with van der Waals surface area (Å²) in [6, 6.07) is 5.74. The van der Waals surface area contributed by atoms with Gasteiger partial charge < -0.3 is 10.1 Å². The number of hydrogen-bond donors (Lipinski definition) is 1. The van der Waals surface area contributed by atoms with E-state index in [1.165, 1.54) is 7.11 Å².